The molecule has 0 amide bonds. The number of anilines is 1. The van der Waals surface area contributed by atoms with Crippen molar-refractivity contribution in [3.8, 4) is 0 Å². The Morgan fingerprint density at radius 1 is 1.48 bits per heavy atom. The van der Waals surface area contributed by atoms with Crippen LogP contribution in [0.5, 0.6) is 0 Å². The second-order valence-corrected chi connectivity index (χ2v) is 6.68. The van der Waals surface area contributed by atoms with Crippen LogP contribution in [-0.4, -0.2) is 45.5 Å². The number of hydrogen-bond acceptors (Lipinski definition) is 5. The molecule has 0 aliphatic carbocycles. The molecule has 122 valence electrons. The van der Waals surface area contributed by atoms with E-state index in [9.17, 15) is 4.79 Å². The average molecular weight is 315 g/mol. The summed E-state index contributed by atoms with van der Waals surface area (Å²) in [5.74, 6) is 0.709. The van der Waals surface area contributed by atoms with Crippen LogP contribution in [0.25, 0.3) is 11.0 Å². The first kappa shape index (κ1) is 14.4. The Kier molecular flexibility index (Phi) is 3.26. The van der Waals surface area contributed by atoms with Gasteiger partial charge in [-0.15, -0.1) is 6.58 Å². The third-order valence-electron chi connectivity index (χ3n) is 5.27. The zero-order valence-corrected chi connectivity index (χ0v) is 13.3. The fraction of sp³-hybridized carbons (Fsp3) is 0.562. The number of nitrogens with one attached hydrogen (secondary N) is 1. The topological polar surface area (TPSA) is 76.0 Å². The van der Waals surface area contributed by atoms with Crippen molar-refractivity contribution >= 4 is 17.0 Å². The number of hydrogen-bond donors (Lipinski definition) is 1. The van der Waals surface area contributed by atoms with Gasteiger partial charge in [0.15, 0.2) is 5.65 Å². The number of rotatable bonds is 2. The first-order valence-corrected chi connectivity index (χ1v) is 8.01. The highest BCUT2D eigenvalue weighted by Crippen LogP contribution is 2.42. The summed E-state index contributed by atoms with van der Waals surface area (Å²) in [6.07, 6.45) is 6.77. The van der Waals surface area contributed by atoms with Crippen LogP contribution in [0.2, 0.25) is 0 Å². The summed E-state index contributed by atoms with van der Waals surface area (Å²) in [6.45, 7) is 6.41. The molecule has 2 saturated heterocycles. The number of fused-ring (bicyclic) bond motifs is 1. The van der Waals surface area contributed by atoms with E-state index in [0.717, 1.165) is 39.0 Å². The summed E-state index contributed by atoms with van der Waals surface area (Å²) in [5, 5.41) is 7.25. The van der Waals surface area contributed by atoms with Crippen molar-refractivity contribution in [1.29, 1.82) is 0 Å². The average Bonchev–Trinajstić information content (AvgIpc) is 3.19. The van der Waals surface area contributed by atoms with Gasteiger partial charge in [-0.05, 0) is 24.7 Å². The first-order valence-electron chi connectivity index (χ1n) is 8.01. The Labute approximate surface area is 134 Å². The zero-order valence-electron chi connectivity index (χ0n) is 13.3. The predicted molar refractivity (Wildman–Crippen MR) is 87.6 cm³/mol. The Bertz CT molecular complexity index is 800. The van der Waals surface area contributed by atoms with Gasteiger partial charge in [0.05, 0.1) is 18.9 Å². The summed E-state index contributed by atoms with van der Waals surface area (Å²) in [5.41, 5.74) is 0.751. The van der Waals surface area contributed by atoms with E-state index in [1.807, 2.05) is 6.08 Å². The summed E-state index contributed by atoms with van der Waals surface area (Å²) < 4.78 is 7.42. The third kappa shape index (κ3) is 2.26. The number of aromatic nitrogens is 4. The predicted octanol–water partition coefficient (Wildman–Crippen LogP) is 1.22. The summed E-state index contributed by atoms with van der Waals surface area (Å²) >= 11 is 0. The smallest absolute Gasteiger partial charge is 0.265 e. The molecular weight excluding hydrogens is 294 g/mol. The minimum absolute atomic E-state index is 0.0602. The van der Waals surface area contributed by atoms with E-state index in [0.29, 0.717) is 17.0 Å². The van der Waals surface area contributed by atoms with Crippen molar-refractivity contribution < 1.29 is 4.74 Å². The van der Waals surface area contributed by atoms with E-state index < -0.39 is 0 Å². The maximum atomic E-state index is 12.4. The standard InChI is InChI=1S/C16H21N5O2/c1-3-11-8-16(10-23-11)4-6-21(7-5-16)15-18-13-12(9-17-19-13)14(22)20(15)2/h3,9,11H,1,4-8,10H2,2H3,(H,17,19)/t11-/m0/s1. The molecule has 1 N–H and O–H groups in total. The Balaban J connectivity index is 1.58. The quantitative estimate of drug-likeness (QED) is 0.843. The van der Waals surface area contributed by atoms with Crippen molar-refractivity contribution in [1.82, 2.24) is 19.7 Å². The van der Waals surface area contributed by atoms with E-state index >= 15 is 0 Å². The molecule has 2 fully saturated rings. The van der Waals surface area contributed by atoms with Gasteiger partial charge in [-0.25, -0.2) is 0 Å². The number of piperidine rings is 1. The molecule has 0 radical (unpaired) electrons. The normalized spacial score (nSPS) is 23.7. The van der Waals surface area contributed by atoms with Gasteiger partial charge in [-0.3, -0.25) is 14.5 Å². The van der Waals surface area contributed by atoms with Gasteiger partial charge in [-0.2, -0.15) is 10.1 Å². The van der Waals surface area contributed by atoms with Crippen LogP contribution in [-0.2, 0) is 11.8 Å². The molecule has 1 atom stereocenters. The van der Waals surface area contributed by atoms with E-state index in [1.54, 1.807) is 11.6 Å². The van der Waals surface area contributed by atoms with Gasteiger partial charge in [0.25, 0.3) is 5.56 Å². The van der Waals surface area contributed by atoms with E-state index in [4.69, 9.17) is 4.74 Å². The van der Waals surface area contributed by atoms with Gasteiger partial charge in [0.1, 0.15) is 5.39 Å². The van der Waals surface area contributed by atoms with Crippen LogP contribution in [0.4, 0.5) is 5.95 Å². The molecule has 0 aromatic carbocycles. The highest BCUT2D eigenvalue weighted by molar-refractivity contribution is 5.73. The van der Waals surface area contributed by atoms with E-state index in [1.165, 1.54) is 6.20 Å². The second kappa shape index (κ2) is 5.19. The van der Waals surface area contributed by atoms with E-state index in [2.05, 4.69) is 26.7 Å². The number of ether oxygens (including phenoxy) is 1. The maximum Gasteiger partial charge on any atom is 0.265 e. The molecule has 7 heteroatoms. The molecule has 2 aromatic heterocycles. The number of aromatic amines is 1. The molecule has 23 heavy (non-hydrogen) atoms. The van der Waals surface area contributed by atoms with Crippen molar-refractivity contribution in [2.45, 2.75) is 25.4 Å². The summed E-state index contributed by atoms with van der Waals surface area (Å²) in [4.78, 5) is 19.2. The number of nitrogens with zero attached hydrogens (tertiary/aromatic N) is 4. The van der Waals surface area contributed by atoms with Crippen LogP contribution < -0.4 is 10.5 Å². The van der Waals surface area contributed by atoms with Gasteiger partial charge in [0, 0.05) is 20.1 Å². The molecule has 0 saturated carbocycles. The minimum atomic E-state index is -0.0602. The largest absolute Gasteiger partial charge is 0.374 e. The van der Waals surface area contributed by atoms with Gasteiger partial charge in [-0.1, -0.05) is 6.08 Å². The number of H-pyrrole nitrogens is 1. The lowest BCUT2D eigenvalue weighted by atomic mass is 9.77. The fourth-order valence-electron chi connectivity index (χ4n) is 3.76. The van der Waals surface area contributed by atoms with Gasteiger partial charge >= 0.3 is 0 Å². The van der Waals surface area contributed by atoms with Crippen LogP contribution in [0.3, 0.4) is 0 Å². The Morgan fingerprint density at radius 2 is 2.26 bits per heavy atom. The molecule has 4 rings (SSSR count). The molecule has 2 aliphatic rings. The molecule has 0 bridgehead atoms. The minimum Gasteiger partial charge on any atom is -0.374 e. The highest BCUT2D eigenvalue weighted by atomic mass is 16.5. The lowest BCUT2D eigenvalue weighted by Crippen LogP contribution is -2.43. The Hall–Kier alpha value is -2.15. The lowest BCUT2D eigenvalue weighted by Gasteiger charge is -2.39. The molecular formula is C16H21N5O2. The molecule has 2 aliphatic heterocycles. The lowest BCUT2D eigenvalue weighted by molar-refractivity contribution is 0.109. The summed E-state index contributed by atoms with van der Waals surface area (Å²) in [6, 6.07) is 0. The molecule has 4 heterocycles. The second-order valence-electron chi connectivity index (χ2n) is 6.68. The monoisotopic (exact) mass is 315 g/mol. The van der Waals surface area contributed by atoms with Crippen LogP contribution in [0.15, 0.2) is 23.6 Å². The van der Waals surface area contributed by atoms with Crippen LogP contribution >= 0.6 is 0 Å². The van der Waals surface area contributed by atoms with Crippen molar-refractivity contribution in [3.05, 3.63) is 29.2 Å². The summed E-state index contributed by atoms with van der Waals surface area (Å²) in [7, 11) is 1.77. The fourth-order valence-corrected chi connectivity index (χ4v) is 3.76. The maximum absolute atomic E-state index is 12.4. The SMILES string of the molecule is C=C[C@H]1CC2(CCN(c3nc4[nH]ncc4c(=O)n3C)CC2)CO1. The molecule has 2 aromatic rings. The zero-order chi connectivity index (χ0) is 16.0. The first-order chi connectivity index (χ1) is 11.1. The Morgan fingerprint density at radius 3 is 2.96 bits per heavy atom. The van der Waals surface area contributed by atoms with Crippen molar-refractivity contribution in [2.75, 3.05) is 24.6 Å². The molecule has 0 unspecified atom stereocenters. The van der Waals surface area contributed by atoms with Gasteiger partial charge < -0.3 is 9.64 Å². The highest BCUT2D eigenvalue weighted by Gasteiger charge is 2.42. The van der Waals surface area contributed by atoms with E-state index in [-0.39, 0.29) is 17.1 Å². The van der Waals surface area contributed by atoms with Crippen molar-refractivity contribution in [2.24, 2.45) is 12.5 Å². The third-order valence-corrected chi connectivity index (χ3v) is 5.27. The van der Waals surface area contributed by atoms with Crippen LogP contribution in [0, 0.1) is 5.41 Å². The molecule has 1 spiro atoms. The van der Waals surface area contributed by atoms with Crippen molar-refractivity contribution in [3.63, 3.8) is 0 Å². The van der Waals surface area contributed by atoms with Crippen LogP contribution in [0.1, 0.15) is 19.3 Å². The molecule has 7 nitrogen and oxygen atoms in total. The van der Waals surface area contributed by atoms with Gasteiger partial charge in [0.2, 0.25) is 5.95 Å².